The molecule has 0 atom stereocenters. The molecular weight excluding hydrogens is 176 g/mol. The lowest BCUT2D eigenvalue weighted by atomic mass is 10.0. The number of rotatable bonds is 0. The zero-order valence-electron chi connectivity index (χ0n) is 5.27. The van der Waals surface area contributed by atoms with Gasteiger partial charge in [0.15, 0.2) is 0 Å². The van der Waals surface area contributed by atoms with Gasteiger partial charge in [0.1, 0.15) is 0 Å². The van der Waals surface area contributed by atoms with Gasteiger partial charge >= 0.3 is 12.4 Å². The molecule has 1 N–H and O–H groups in total. The fraction of sp³-hybridized carbons (Fsp3) is 1.00. The highest BCUT2D eigenvalue weighted by Crippen LogP contribution is 2.44. The summed E-state index contributed by atoms with van der Waals surface area (Å²) in [4.78, 5) is 0. The topological polar surface area (TPSA) is 23.8 Å². The Morgan fingerprint density at radius 1 is 0.818 bits per heavy atom. The van der Waals surface area contributed by atoms with Crippen molar-refractivity contribution in [2.24, 2.45) is 0 Å². The molecule has 0 aliphatic carbocycles. The van der Waals surface area contributed by atoms with Crippen LogP contribution in [0.2, 0.25) is 0 Å². The van der Waals surface area contributed by atoms with Gasteiger partial charge in [0.25, 0.3) is 0 Å². The molecule has 1 nitrogen and oxygen atoms in total. The largest absolute Gasteiger partial charge is 0.657 e. The molecule has 0 heterocycles. The Balaban J connectivity index is 4.75. The first-order chi connectivity index (χ1) is 4.50. The zero-order valence-corrected chi connectivity index (χ0v) is 5.27. The monoisotopic (exact) mass is 180 g/mol. The lowest BCUT2D eigenvalue weighted by Crippen LogP contribution is -2.51. The molecule has 0 saturated heterocycles. The van der Waals surface area contributed by atoms with Crippen LogP contribution in [-0.4, -0.2) is 17.9 Å². The number of alkyl halides is 6. The van der Waals surface area contributed by atoms with E-state index in [0.717, 1.165) is 0 Å². The summed E-state index contributed by atoms with van der Waals surface area (Å²) in [5.74, 6) is 0. The number of nitrogens with one attached hydrogen (secondary N) is 1. The molecule has 0 aliphatic heterocycles. The molecule has 0 rings (SSSR count). The molecule has 0 bridgehead atoms. The fourth-order valence-electron chi connectivity index (χ4n) is 0.161. The number of hydrogen-bond acceptors (Lipinski definition) is 0. The van der Waals surface area contributed by atoms with Crippen molar-refractivity contribution in [1.29, 1.82) is 0 Å². The van der Waals surface area contributed by atoms with Gasteiger partial charge in [0.05, 0.1) is 5.54 Å². The Morgan fingerprint density at radius 2 is 1.00 bits per heavy atom. The molecule has 0 fully saturated rings. The molecule has 0 saturated carbocycles. The number of halogens is 6. The van der Waals surface area contributed by atoms with Crippen LogP contribution in [-0.2, 0) is 0 Å². The van der Waals surface area contributed by atoms with Crippen LogP contribution < -0.4 is 0 Å². The highest BCUT2D eigenvalue weighted by molar-refractivity contribution is 5.03. The van der Waals surface area contributed by atoms with Crippen molar-refractivity contribution in [3.63, 3.8) is 0 Å². The quantitative estimate of drug-likeness (QED) is 0.512. The highest BCUT2D eigenvalue weighted by Gasteiger charge is 2.58. The molecular formula is C4H4F6N-. The minimum atomic E-state index is -5.58. The predicted molar refractivity (Wildman–Crippen MR) is 24.8 cm³/mol. The van der Waals surface area contributed by atoms with Gasteiger partial charge in [0, 0.05) is 0 Å². The summed E-state index contributed by atoms with van der Waals surface area (Å²) in [6, 6.07) is 0. The van der Waals surface area contributed by atoms with Crippen molar-refractivity contribution < 1.29 is 26.3 Å². The SMILES string of the molecule is CC([NH-])(C(F)(F)F)C(F)(F)F. The van der Waals surface area contributed by atoms with Crippen LogP contribution >= 0.6 is 0 Å². The Bertz CT molecular complexity index is 126. The molecule has 0 aromatic rings. The lowest BCUT2D eigenvalue weighted by Gasteiger charge is -2.37. The van der Waals surface area contributed by atoms with Crippen molar-refractivity contribution in [2.45, 2.75) is 24.8 Å². The van der Waals surface area contributed by atoms with E-state index < -0.39 is 17.9 Å². The van der Waals surface area contributed by atoms with Crippen LogP contribution in [0.25, 0.3) is 5.73 Å². The molecule has 11 heavy (non-hydrogen) atoms. The molecule has 0 aliphatic rings. The Morgan fingerprint density at radius 3 is 1.00 bits per heavy atom. The second kappa shape index (κ2) is 2.26. The third-order valence-electron chi connectivity index (χ3n) is 1.13. The Labute approximate surface area is 58.2 Å². The van der Waals surface area contributed by atoms with Crippen LogP contribution in [0.4, 0.5) is 26.3 Å². The van der Waals surface area contributed by atoms with Crippen LogP contribution in [0, 0.1) is 0 Å². The molecule has 0 spiro atoms. The van der Waals surface area contributed by atoms with Crippen LogP contribution in [0.1, 0.15) is 6.92 Å². The smallest absolute Gasteiger partial charge is 0.384 e. The second-order valence-electron chi connectivity index (χ2n) is 2.12. The number of hydrogen-bond donors (Lipinski definition) is 0. The Kier molecular flexibility index (Phi) is 2.17. The van der Waals surface area contributed by atoms with Crippen molar-refractivity contribution in [2.75, 3.05) is 0 Å². The summed E-state index contributed by atoms with van der Waals surface area (Å²) < 4.78 is 68.5. The third kappa shape index (κ3) is 1.76. The Hall–Kier alpha value is -0.460. The second-order valence-corrected chi connectivity index (χ2v) is 2.12. The average Bonchev–Trinajstić information content (AvgIpc) is 1.58. The van der Waals surface area contributed by atoms with Gasteiger partial charge in [-0.1, -0.05) is 6.92 Å². The first-order valence-corrected chi connectivity index (χ1v) is 2.38. The third-order valence-corrected chi connectivity index (χ3v) is 1.13. The first kappa shape index (κ1) is 10.5. The zero-order chi connectivity index (χ0) is 9.50. The lowest BCUT2D eigenvalue weighted by molar-refractivity contribution is -0.275. The van der Waals surface area contributed by atoms with Crippen molar-refractivity contribution in [3.8, 4) is 0 Å². The van der Waals surface area contributed by atoms with Gasteiger partial charge < -0.3 is 5.73 Å². The minimum absolute atomic E-state index is 0.229. The summed E-state index contributed by atoms with van der Waals surface area (Å²) in [6.07, 6.45) is -11.2. The van der Waals surface area contributed by atoms with Crippen LogP contribution in [0.5, 0.6) is 0 Å². The molecule has 0 aromatic heterocycles. The van der Waals surface area contributed by atoms with Crippen LogP contribution in [0.3, 0.4) is 0 Å². The molecule has 7 heteroatoms. The van der Waals surface area contributed by atoms with Gasteiger partial charge in [-0.2, -0.15) is 26.3 Å². The van der Waals surface area contributed by atoms with E-state index in [0.29, 0.717) is 0 Å². The molecule has 68 valence electrons. The normalized spacial score (nSPS) is 15.3. The van der Waals surface area contributed by atoms with Crippen LogP contribution in [0.15, 0.2) is 0 Å². The van der Waals surface area contributed by atoms with E-state index in [9.17, 15) is 26.3 Å². The van der Waals surface area contributed by atoms with E-state index in [4.69, 9.17) is 5.73 Å². The maximum absolute atomic E-state index is 11.4. The van der Waals surface area contributed by atoms with E-state index >= 15 is 0 Å². The summed E-state index contributed by atoms with van der Waals surface area (Å²) in [6.45, 7) is -0.229. The maximum Gasteiger partial charge on any atom is 0.384 e. The van der Waals surface area contributed by atoms with Crippen molar-refractivity contribution >= 4 is 0 Å². The first-order valence-electron chi connectivity index (χ1n) is 2.38. The highest BCUT2D eigenvalue weighted by atomic mass is 19.4. The van der Waals surface area contributed by atoms with Gasteiger partial charge in [0.2, 0.25) is 0 Å². The van der Waals surface area contributed by atoms with E-state index in [1.54, 1.807) is 0 Å². The fourth-order valence-corrected chi connectivity index (χ4v) is 0.161. The van der Waals surface area contributed by atoms with E-state index in [1.807, 2.05) is 0 Å². The molecule has 0 aromatic carbocycles. The summed E-state index contributed by atoms with van der Waals surface area (Å²) in [7, 11) is 0. The van der Waals surface area contributed by atoms with E-state index in [2.05, 4.69) is 0 Å². The maximum atomic E-state index is 11.4. The van der Waals surface area contributed by atoms with Gasteiger partial charge in [-0.25, -0.2) is 0 Å². The average molecular weight is 180 g/mol. The van der Waals surface area contributed by atoms with E-state index in [-0.39, 0.29) is 6.92 Å². The summed E-state index contributed by atoms with van der Waals surface area (Å²) >= 11 is 0. The summed E-state index contributed by atoms with van der Waals surface area (Å²) in [5, 5.41) is 0. The molecule has 0 amide bonds. The molecule has 0 radical (unpaired) electrons. The van der Waals surface area contributed by atoms with Crippen molar-refractivity contribution in [1.82, 2.24) is 0 Å². The van der Waals surface area contributed by atoms with Gasteiger partial charge in [-0.3, -0.25) is 0 Å². The van der Waals surface area contributed by atoms with Crippen molar-refractivity contribution in [3.05, 3.63) is 5.73 Å². The van der Waals surface area contributed by atoms with E-state index in [1.165, 1.54) is 0 Å². The predicted octanol–water partition coefficient (Wildman–Crippen LogP) is 2.92. The molecule has 0 unspecified atom stereocenters. The van der Waals surface area contributed by atoms with Gasteiger partial charge in [-0.05, 0) is 0 Å². The van der Waals surface area contributed by atoms with Gasteiger partial charge in [-0.15, -0.1) is 0 Å². The standard InChI is InChI=1S/C4H4F6N/c1-2(11,3(5,6)7)4(8,9)10/h11H,1H3/q-1. The summed E-state index contributed by atoms with van der Waals surface area (Å²) in [5.41, 5.74) is 1.60. The minimum Gasteiger partial charge on any atom is -0.657 e.